The summed E-state index contributed by atoms with van der Waals surface area (Å²) < 4.78 is 28.1. The van der Waals surface area contributed by atoms with E-state index in [-0.39, 0.29) is 40.2 Å². The van der Waals surface area contributed by atoms with Gasteiger partial charge in [-0.2, -0.15) is 0 Å². The van der Waals surface area contributed by atoms with Crippen molar-refractivity contribution in [2.24, 2.45) is 0 Å². The Kier molecular flexibility index (Phi) is 9.77. The third-order valence-electron chi connectivity index (χ3n) is 5.92. The second kappa shape index (κ2) is 13.0. The standard InChI is InChI=1S/C30H23ClN2O3S2.Na/c31-25-14-11-23-12-16-26(32-28(23)20-25)15-10-21-5-3-7-24(19-21)27-8-2-1-6-22(27)13-17-29(34)33-38(35,36)30-9-4-18-37-30;/h1-12,14-16,18-20H,13,17H2,(H,33,34);/q;+1/p-1/b15-10+;. The number of halogens is 1. The van der Waals surface area contributed by atoms with Crippen LogP contribution in [0.1, 0.15) is 23.2 Å². The van der Waals surface area contributed by atoms with Crippen molar-refractivity contribution in [1.82, 2.24) is 4.98 Å². The van der Waals surface area contributed by atoms with Crippen LogP contribution in [0.4, 0.5) is 0 Å². The molecule has 5 aromatic rings. The molecule has 5 rings (SSSR count). The summed E-state index contributed by atoms with van der Waals surface area (Å²) in [5.74, 6) is -0.658. The van der Waals surface area contributed by atoms with E-state index < -0.39 is 15.9 Å². The van der Waals surface area contributed by atoms with Crippen LogP contribution in [0.25, 0.3) is 38.9 Å². The summed E-state index contributed by atoms with van der Waals surface area (Å²) in [6, 6.07) is 28.6. The normalized spacial score (nSPS) is 11.4. The van der Waals surface area contributed by atoms with E-state index in [0.717, 1.165) is 50.2 Å². The Bertz CT molecular complexity index is 1750. The van der Waals surface area contributed by atoms with Crippen LogP contribution in [0.5, 0.6) is 0 Å². The number of carbonyl (C=O) groups is 1. The molecule has 0 spiro atoms. The zero-order valence-corrected chi connectivity index (χ0v) is 25.5. The predicted octanol–water partition coefficient (Wildman–Crippen LogP) is 5.01. The molecule has 2 heterocycles. The molecule has 0 bridgehead atoms. The quantitative estimate of drug-likeness (QED) is 0.242. The van der Waals surface area contributed by atoms with Crippen LogP contribution in [-0.4, -0.2) is 19.3 Å². The summed E-state index contributed by atoms with van der Waals surface area (Å²) >= 11 is 7.16. The van der Waals surface area contributed by atoms with Gasteiger partial charge in [-0.1, -0.05) is 78.3 Å². The topological polar surface area (TPSA) is 78.2 Å². The SMILES string of the molecule is O=C(CCc1ccccc1-c1cccc(/C=C/c2ccc3ccc(Cl)cc3n2)c1)[N-]S(=O)(=O)c1cccs1.[Na+]. The largest absolute Gasteiger partial charge is 1.00 e. The van der Waals surface area contributed by atoms with Crippen LogP contribution < -0.4 is 29.6 Å². The number of pyridine rings is 1. The Morgan fingerprint density at radius 1 is 0.923 bits per heavy atom. The average Bonchev–Trinajstić information content (AvgIpc) is 3.47. The molecule has 9 heteroatoms. The van der Waals surface area contributed by atoms with Crippen LogP contribution in [0.2, 0.25) is 5.02 Å². The minimum Gasteiger partial charge on any atom is -0.541 e. The molecule has 0 fully saturated rings. The van der Waals surface area contributed by atoms with E-state index in [4.69, 9.17) is 11.6 Å². The number of sulfonamides is 1. The number of amides is 1. The zero-order valence-electron chi connectivity index (χ0n) is 21.1. The molecule has 0 radical (unpaired) electrons. The van der Waals surface area contributed by atoms with Crippen LogP contribution in [-0.2, 0) is 21.2 Å². The molecule has 2 aromatic heterocycles. The van der Waals surface area contributed by atoms with Crippen molar-refractivity contribution in [2.75, 3.05) is 0 Å². The third-order valence-corrected chi connectivity index (χ3v) is 8.82. The molecule has 190 valence electrons. The molecule has 0 saturated carbocycles. The maximum absolute atomic E-state index is 12.4. The number of hydrogen-bond donors (Lipinski definition) is 0. The van der Waals surface area contributed by atoms with Gasteiger partial charge >= 0.3 is 29.6 Å². The molecule has 3 aromatic carbocycles. The fourth-order valence-corrected chi connectivity index (χ4v) is 6.17. The van der Waals surface area contributed by atoms with Gasteiger partial charge < -0.3 is 9.52 Å². The van der Waals surface area contributed by atoms with E-state index in [2.05, 4.69) is 15.8 Å². The molecule has 0 N–H and O–H groups in total. The van der Waals surface area contributed by atoms with Gasteiger partial charge in [0.1, 0.15) is 14.2 Å². The number of aryl methyl sites for hydroxylation is 1. The van der Waals surface area contributed by atoms with Gasteiger partial charge in [0.25, 0.3) is 0 Å². The molecule has 39 heavy (non-hydrogen) atoms. The van der Waals surface area contributed by atoms with Gasteiger partial charge in [-0.05, 0) is 76.9 Å². The van der Waals surface area contributed by atoms with Crippen molar-refractivity contribution in [2.45, 2.75) is 17.1 Å². The monoisotopic (exact) mass is 580 g/mol. The van der Waals surface area contributed by atoms with Crippen LogP contribution in [0.3, 0.4) is 0 Å². The van der Waals surface area contributed by atoms with Gasteiger partial charge in [0, 0.05) is 10.4 Å². The van der Waals surface area contributed by atoms with Crippen molar-refractivity contribution < 1.29 is 42.8 Å². The first-order valence-corrected chi connectivity index (χ1v) is 14.5. The maximum Gasteiger partial charge on any atom is 1.00 e. The predicted molar refractivity (Wildman–Crippen MR) is 156 cm³/mol. The first-order chi connectivity index (χ1) is 18.4. The van der Waals surface area contributed by atoms with E-state index in [1.54, 1.807) is 11.4 Å². The molecule has 1 amide bonds. The molecular formula is C30H22ClN2NaO3S2. The van der Waals surface area contributed by atoms with Gasteiger partial charge in [0.05, 0.1) is 17.1 Å². The fourth-order valence-electron chi connectivity index (χ4n) is 4.09. The molecule has 0 unspecified atom stereocenters. The van der Waals surface area contributed by atoms with Gasteiger partial charge in [-0.25, -0.2) is 13.4 Å². The number of nitrogens with zero attached hydrogens (tertiary/aromatic N) is 2. The van der Waals surface area contributed by atoms with Gasteiger partial charge in [0.15, 0.2) is 0 Å². The summed E-state index contributed by atoms with van der Waals surface area (Å²) in [5, 5.41) is 3.32. The minimum absolute atomic E-state index is 0. The number of thiophene rings is 1. The van der Waals surface area contributed by atoms with E-state index in [0.29, 0.717) is 11.4 Å². The van der Waals surface area contributed by atoms with Gasteiger partial charge in [-0.15, -0.1) is 11.3 Å². The second-order valence-corrected chi connectivity index (χ2v) is 11.8. The van der Waals surface area contributed by atoms with Gasteiger partial charge in [0.2, 0.25) is 0 Å². The first-order valence-electron chi connectivity index (χ1n) is 11.8. The summed E-state index contributed by atoms with van der Waals surface area (Å²) in [6.07, 6.45) is 4.34. The second-order valence-electron chi connectivity index (χ2n) is 8.58. The zero-order chi connectivity index (χ0) is 26.5. The Balaban J connectivity index is 0.00000353. The molecular weight excluding hydrogens is 559 g/mol. The maximum atomic E-state index is 12.4. The van der Waals surface area contributed by atoms with E-state index in [1.807, 2.05) is 84.9 Å². The number of benzene rings is 3. The number of rotatable bonds is 8. The molecule has 0 aliphatic heterocycles. The molecule has 0 atom stereocenters. The summed E-state index contributed by atoms with van der Waals surface area (Å²) in [6.45, 7) is 0. The Morgan fingerprint density at radius 2 is 1.74 bits per heavy atom. The number of aromatic nitrogens is 1. The Labute approximate surface area is 258 Å². The van der Waals surface area contributed by atoms with Crippen molar-refractivity contribution >= 4 is 61.9 Å². The summed E-state index contributed by atoms with van der Waals surface area (Å²) in [4.78, 5) is 17.1. The first kappa shape index (κ1) is 29.2. The van der Waals surface area contributed by atoms with Crippen molar-refractivity contribution in [1.29, 1.82) is 0 Å². The van der Waals surface area contributed by atoms with Crippen molar-refractivity contribution in [3.05, 3.63) is 123 Å². The molecule has 0 aliphatic carbocycles. The smallest absolute Gasteiger partial charge is 0.541 e. The number of carbonyl (C=O) groups excluding carboxylic acids is 1. The number of hydrogen-bond acceptors (Lipinski definition) is 5. The molecule has 5 nitrogen and oxygen atoms in total. The summed E-state index contributed by atoms with van der Waals surface area (Å²) in [5.41, 5.74) is 5.58. The molecule has 0 saturated heterocycles. The van der Waals surface area contributed by atoms with Crippen LogP contribution >= 0.6 is 22.9 Å². The summed E-state index contributed by atoms with van der Waals surface area (Å²) in [7, 11) is -3.96. The van der Waals surface area contributed by atoms with Crippen LogP contribution in [0, 0.1) is 0 Å². The third kappa shape index (κ3) is 7.45. The molecule has 0 aliphatic rings. The van der Waals surface area contributed by atoms with Gasteiger partial charge in [-0.3, -0.25) is 0 Å². The van der Waals surface area contributed by atoms with E-state index >= 15 is 0 Å². The van der Waals surface area contributed by atoms with Crippen molar-refractivity contribution in [3.63, 3.8) is 0 Å². The average molecular weight is 581 g/mol. The fraction of sp³-hybridized carbons (Fsp3) is 0.0667. The Morgan fingerprint density at radius 3 is 2.56 bits per heavy atom. The van der Waals surface area contributed by atoms with Crippen LogP contribution in [0.15, 0.2) is 101 Å². The van der Waals surface area contributed by atoms with Crippen molar-refractivity contribution in [3.8, 4) is 11.1 Å². The van der Waals surface area contributed by atoms with E-state index in [1.165, 1.54) is 6.07 Å². The number of fused-ring (bicyclic) bond motifs is 1. The Hall–Kier alpha value is -2.78. The minimum atomic E-state index is -3.96. The van der Waals surface area contributed by atoms with E-state index in [9.17, 15) is 13.2 Å².